The van der Waals surface area contributed by atoms with Crippen LogP contribution in [0.25, 0.3) is 0 Å². The molecule has 0 aliphatic carbocycles. The SMILES string of the molecule is CCNC(C)(O)C(CO)(CO)S(=O)(=O)O. The van der Waals surface area contributed by atoms with Crippen LogP contribution in [-0.2, 0) is 10.1 Å². The molecule has 0 aromatic rings. The first-order valence-electron chi connectivity index (χ1n) is 4.34. The van der Waals surface area contributed by atoms with Crippen molar-refractivity contribution in [1.82, 2.24) is 5.32 Å². The lowest BCUT2D eigenvalue weighted by Gasteiger charge is -2.40. The highest BCUT2D eigenvalue weighted by Crippen LogP contribution is 2.27. The van der Waals surface area contributed by atoms with Gasteiger partial charge in [0.2, 0.25) is 0 Å². The highest BCUT2D eigenvalue weighted by atomic mass is 32.2. The lowest BCUT2D eigenvalue weighted by Crippen LogP contribution is -2.68. The molecule has 1 atom stereocenters. The van der Waals surface area contributed by atoms with Gasteiger partial charge in [0, 0.05) is 0 Å². The molecule has 0 bridgehead atoms. The molecule has 7 nitrogen and oxygen atoms in total. The van der Waals surface area contributed by atoms with Gasteiger partial charge >= 0.3 is 0 Å². The quantitative estimate of drug-likeness (QED) is 0.267. The Morgan fingerprint density at radius 2 is 1.67 bits per heavy atom. The zero-order valence-electron chi connectivity index (χ0n) is 8.63. The molecule has 8 heteroatoms. The van der Waals surface area contributed by atoms with E-state index < -0.39 is 33.8 Å². The van der Waals surface area contributed by atoms with Crippen LogP contribution in [0.3, 0.4) is 0 Å². The first-order valence-corrected chi connectivity index (χ1v) is 5.78. The molecule has 92 valence electrons. The van der Waals surface area contributed by atoms with Gasteiger partial charge in [0.05, 0.1) is 13.2 Å². The molecule has 0 aliphatic heterocycles. The first kappa shape index (κ1) is 14.8. The van der Waals surface area contributed by atoms with Gasteiger partial charge < -0.3 is 15.3 Å². The van der Waals surface area contributed by atoms with Gasteiger partial charge in [-0.3, -0.25) is 9.87 Å². The minimum atomic E-state index is -4.82. The van der Waals surface area contributed by atoms with Gasteiger partial charge in [-0.2, -0.15) is 8.42 Å². The Morgan fingerprint density at radius 1 is 1.27 bits per heavy atom. The molecule has 0 aromatic heterocycles. The fourth-order valence-corrected chi connectivity index (χ4v) is 2.18. The first-order chi connectivity index (χ1) is 6.68. The molecular weight excluding hydrogens is 226 g/mol. The van der Waals surface area contributed by atoms with Crippen LogP contribution in [0.1, 0.15) is 13.8 Å². The number of aliphatic hydroxyl groups is 3. The Balaban J connectivity index is 5.48. The van der Waals surface area contributed by atoms with E-state index in [4.69, 9.17) is 14.8 Å². The van der Waals surface area contributed by atoms with E-state index in [-0.39, 0.29) is 6.54 Å². The van der Waals surface area contributed by atoms with Gasteiger partial charge in [-0.05, 0) is 13.5 Å². The van der Waals surface area contributed by atoms with E-state index in [9.17, 15) is 13.5 Å². The van der Waals surface area contributed by atoms with E-state index in [0.717, 1.165) is 6.92 Å². The highest BCUT2D eigenvalue weighted by molar-refractivity contribution is 7.87. The summed E-state index contributed by atoms with van der Waals surface area (Å²) in [4.78, 5) is 0. The van der Waals surface area contributed by atoms with Crippen molar-refractivity contribution < 1.29 is 28.3 Å². The predicted octanol–water partition coefficient (Wildman–Crippen LogP) is -2.08. The number of nitrogens with one attached hydrogen (secondary N) is 1. The Hall–Kier alpha value is -0.250. The summed E-state index contributed by atoms with van der Waals surface area (Å²) in [6, 6.07) is 0. The Labute approximate surface area is 88.5 Å². The van der Waals surface area contributed by atoms with Crippen molar-refractivity contribution in [3.8, 4) is 0 Å². The molecule has 0 heterocycles. The van der Waals surface area contributed by atoms with Crippen molar-refractivity contribution in [1.29, 1.82) is 0 Å². The summed E-state index contributed by atoms with van der Waals surface area (Å²) in [7, 11) is -4.82. The lowest BCUT2D eigenvalue weighted by molar-refractivity contribution is -0.0561. The van der Waals surface area contributed by atoms with E-state index in [0.29, 0.717) is 0 Å². The maximum absolute atomic E-state index is 11.1. The molecule has 0 aliphatic rings. The van der Waals surface area contributed by atoms with E-state index in [1.165, 1.54) is 0 Å². The number of rotatable bonds is 6. The molecule has 0 aromatic carbocycles. The van der Waals surface area contributed by atoms with Crippen LogP contribution in [0.2, 0.25) is 0 Å². The lowest BCUT2D eigenvalue weighted by atomic mass is 9.98. The van der Waals surface area contributed by atoms with Crippen LogP contribution < -0.4 is 5.32 Å². The summed E-state index contributed by atoms with van der Waals surface area (Å²) in [5.74, 6) is 0. The average Bonchev–Trinajstić information content (AvgIpc) is 2.03. The second-order valence-electron chi connectivity index (χ2n) is 3.39. The normalized spacial score (nSPS) is 17.5. The summed E-state index contributed by atoms with van der Waals surface area (Å²) in [6.45, 7) is 0.629. The average molecular weight is 243 g/mol. The predicted molar refractivity (Wildman–Crippen MR) is 52.8 cm³/mol. The molecule has 0 amide bonds. The molecule has 15 heavy (non-hydrogen) atoms. The molecular formula is C7H17NO6S. The number of hydrogen-bond acceptors (Lipinski definition) is 6. The molecule has 0 rings (SSSR count). The van der Waals surface area contributed by atoms with Gasteiger partial charge in [0.15, 0.2) is 4.75 Å². The summed E-state index contributed by atoms with van der Waals surface area (Å²) in [5.41, 5.74) is -2.14. The third-order valence-corrected chi connectivity index (χ3v) is 4.06. The fourth-order valence-electron chi connectivity index (χ4n) is 1.28. The summed E-state index contributed by atoms with van der Waals surface area (Å²) >= 11 is 0. The van der Waals surface area contributed by atoms with E-state index in [1.807, 2.05) is 0 Å². The van der Waals surface area contributed by atoms with Gasteiger partial charge in [-0.15, -0.1) is 0 Å². The second-order valence-corrected chi connectivity index (χ2v) is 5.12. The minimum Gasteiger partial charge on any atom is -0.394 e. The maximum Gasteiger partial charge on any atom is 0.279 e. The van der Waals surface area contributed by atoms with E-state index >= 15 is 0 Å². The Bertz CT molecular complexity index is 295. The highest BCUT2D eigenvalue weighted by Gasteiger charge is 2.56. The molecule has 0 radical (unpaired) electrons. The smallest absolute Gasteiger partial charge is 0.279 e. The topological polar surface area (TPSA) is 127 Å². The van der Waals surface area contributed by atoms with Crippen LogP contribution in [0.5, 0.6) is 0 Å². The van der Waals surface area contributed by atoms with Crippen molar-refractivity contribution in [2.45, 2.75) is 24.3 Å². The molecule has 0 saturated carbocycles. The van der Waals surface area contributed by atoms with Crippen molar-refractivity contribution in [3.05, 3.63) is 0 Å². The second kappa shape index (κ2) is 4.73. The van der Waals surface area contributed by atoms with Gasteiger partial charge in [-0.1, -0.05) is 6.92 Å². The van der Waals surface area contributed by atoms with Crippen LogP contribution in [0.15, 0.2) is 0 Å². The maximum atomic E-state index is 11.1. The number of hydrogen-bond donors (Lipinski definition) is 5. The van der Waals surface area contributed by atoms with Crippen molar-refractivity contribution in [3.63, 3.8) is 0 Å². The minimum absolute atomic E-state index is 0.199. The van der Waals surface area contributed by atoms with Gasteiger partial charge in [-0.25, -0.2) is 0 Å². The van der Waals surface area contributed by atoms with Crippen LogP contribution in [-0.4, -0.2) is 58.5 Å². The summed E-state index contributed by atoms with van der Waals surface area (Å²) in [5, 5.41) is 30.1. The van der Waals surface area contributed by atoms with Crippen LogP contribution in [0, 0.1) is 0 Å². The molecule has 0 saturated heterocycles. The third kappa shape index (κ3) is 2.47. The fraction of sp³-hybridized carbons (Fsp3) is 1.00. The van der Waals surface area contributed by atoms with Crippen LogP contribution in [0.4, 0.5) is 0 Å². The van der Waals surface area contributed by atoms with Crippen molar-refractivity contribution in [2.24, 2.45) is 0 Å². The zero-order chi connectivity index (χ0) is 12.3. The molecule has 5 N–H and O–H groups in total. The van der Waals surface area contributed by atoms with Crippen molar-refractivity contribution in [2.75, 3.05) is 19.8 Å². The number of aliphatic hydroxyl groups excluding tert-OH is 2. The monoisotopic (exact) mass is 243 g/mol. The summed E-state index contributed by atoms with van der Waals surface area (Å²) in [6.07, 6.45) is 0. The molecule has 0 spiro atoms. The van der Waals surface area contributed by atoms with Gasteiger partial charge in [0.25, 0.3) is 10.1 Å². The Morgan fingerprint density at radius 3 is 1.87 bits per heavy atom. The third-order valence-electron chi connectivity index (χ3n) is 2.41. The molecule has 1 unspecified atom stereocenters. The largest absolute Gasteiger partial charge is 0.394 e. The van der Waals surface area contributed by atoms with Crippen LogP contribution >= 0.6 is 0 Å². The van der Waals surface area contributed by atoms with Gasteiger partial charge in [0.1, 0.15) is 5.72 Å². The zero-order valence-corrected chi connectivity index (χ0v) is 9.45. The summed E-state index contributed by atoms with van der Waals surface area (Å²) < 4.78 is 28.6. The molecule has 0 fully saturated rings. The van der Waals surface area contributed by atoms with E-state index in [2.05, 4.69) is 5.32 Å². The standard InChI is InChI=1S/C7H17NO6S/c1-3-8-6(2,11)7(4-9,5-10)15(12,13)14/h8-11H,3-5H2,1-2H3,(H,12,13,14). The van der Waals surface area contributed by atoms with Crippen molar-refractivity contribution >= 4 is 10.1 Å². The Kier molecular flexibility index (Phi) is 4.65. The van der Waals surface area contributed by atoms with E-state index in [1.54, 1.807) is 6.92 Å².